The lowest BCUT2D eigenvalue weighted by molar-refractivity contribution is 0.101. The van der Waals surface area contributed by atoms with E-state index in [4.69, 9.17) is 21.3 Å². The summed E-state index contributed by atoms with van der Waals surface area (Å²) in [6, 6.07) is 17.0. The van der Waals surface area contributed by atoms with Crippen LogP contribution in [0.15, 0.2) is 64.1 Å². The fraction of sp³-hybridized carbons (Fsp3) is 0. The van der Waals surface area contributed by atoms with Crippen molar-refractivity contribution in [1.29, 1.82) is 5.26 Å². The van der Waals surface area contributed by atoms with Crippen molar-refractivity contribution >= 4 is 23.2 Å². The minimum absolute atomic E-state index is 0.0285. The van der Waals surface area contributed by atoms with Gasteiger partial charge in [0.05, 0.1) is 17.3 Å². The fourth-order valence-corrected chi connectivity index (χ4v) is 2.19. The van der Waals surface area contributed by atoms with E-state index in [0.29, 0.717) is 22.7 Å². The largest absolute Gasteiger partial charge is 0.370 e. The van der Waals surface area contributed by atoms with Crippen LogP contribution >= 0.6 is 0 Å². The molecule has 8 heteroatoms. The lowest BCUT2D eigenvalue weighted by Gasteiger charge is -2.01. The molecule has 8 nitrogen and oxygen atoms in total. The second-order valence-corrected chi connectivity index (χ2v) is 5.30. The number of nitrogens with two attached hydrogens (primary N) is 2. The van der Waals surface area contributed by atoms with Gasteiger partial charge in [-0.25, -0.2) is 4.99 Å². The van der Waals surface area contributed by atoms with E-state index >= 15 is 0 Å². The van der Waals surface area contributed by atoms with Gasteiger partial charge in [-0.15, -0.1) is 0 Å². The Morgan fingerprint density at radius 1 is 1.12 bits per heavy atom. The average Bonchev–Trinajstić information content (AvgIpc) is 3.13. The summed E-state index contributed by atoms with van der Waals surface area (Å²) in [6.45, 7) is 0. The van der Waals surface area contributed by atoms with E-state index in [9.17, 15) is 4.79 Å². The van der Waals surface area contributed by atoms with Gasteiger partial charge in [0.15, 0.2) is 17.4 Å². The summed E-state index contributed by atoms with van der Waals surface area (Å²) < 4.78 is 5.23. The topological polar surface area (TPSA) is 143 Å². The first-order valence-electron chi connectivity index (χ1n) is 7.53. The van der Waals surface area contributed by atoms with Crippen molar-refractivity contribution < 1.29 is 9.32 Å². The number of guanidine groups is 1. The second kappa shape index (κ2) is 7.19. The van der Waals surface area contributed by atoms with Crippen LogP contribution < -0.4 is 16.8 Å². The van der Waals surface area contributed by atoms with Crippen LogP contribution in [0.1, 0.15) is 16.1 Å². The average molecular weight is 346 g/mol. The van der Waals surface area contributed by atoms with E-state index in [-0.39, 0.29) is 11.7 Å². The molecule has 1 aromatic heterocycles. The number of benzene rings is 2. The fourth-order valence-electron chi connectivity index (χ4n) is 2.19. The normalized spacial score (nSPS) is 9.96. The number of anilines is 1. The number of carbonyl (C=O) groups excluding carboxylic acids is 1. The molecule has 0 unspecified atom stereocenters. The number of carbonyl (C=O) groups is 1. The molecule has 0 aliphatic carbocycles. The van der Waals surface area contributed by atoms with Gasteiger partial charge >= 0.3 is 0 Å². The monoisotopic (exact) mass is 346 g/mol. The molecule has 3 aromatic rings. The number of hydrogen-bond donors (Lipinski definition) is 3. The summed E-state index contributed by atoms with van der Waals surface area (Å²) >= 11 is 0. The zero-order chi connectivity index (χ0) is 18.5. The van der Waals surface area contributed by atoms with Crippen LogP contribution in [0.4, 0.5) is 11.4 Å². The summed E-state index contributed by atoms with van der Waals surface area (Å²) in [5.41, 5.74) is 13.2. The van der Waals surface area contributed by atoms with E-state index < -0.39 is 5.91 Å². The van der Waals surface area contributed by atoms with Crippen molar-refractivity contribution in [3.05, 3.63) is 65.9 Å². The highest BCUT2D eigenvalue weighted by atomic mass is 16.5. The Morgan fingerprint density at radius 2 is 1.81 bits per heavy atom. The van der Waals surface area contributed by atoms with Crippen LogP contribution in [-0.2, 0) is 0 Å². The molecular formula is C18H14N6O2. The third kappa shape index (κ3) is 3.85. The molecule has 0 radical (unpaired) electrons. The standard InChI is InChI=1S/C18H14N6O2/c19-10-11-1-5-13(6-2-11)22-17(25)15-9-16(26-24-15)12-3-7-14(8-4-12)23-18(20)21/h1-9H,(H,22,25)(H4,20,21,23). The summed E-state index contributed by atoms with van der Waals surface area (Å²) in [6.07, 6.45) is 0. The van der Waals surface area contributed by atoms with Crippen LogP contribution in [0.5, 0.6) is 0 Å². The molecule has 1 amide bonds. The highest BCUT2D eigenvalue weighted by Gasteiger charge is 2.14. The first kappa shape index (κ1) is 16.7. The van der Waals surface area contributed by atoms with E-state index in [1.165, 1.54) is 6.07 Å². The SMILES string of the molecule is N#Cc1ccc(NC(=O)c2cc(-c3ccc(N=C(N)N)cc3)on2)cc1. The number of aromatic nitrogens is 1. The van der Waals surface area contributed by atoms with Crippen molar-refractivity contribution in [2.75, 3.05) is 5.32 Å². The van der Waals surface area contributed by atoms with Crippen molar-refractivity contribution in [3.63, 3.8) is 0 Å². The van der Waals surface area contributed by atoms with Gasteiger partial charge in [0.1, 0.15) is 0 Å². The molecule has 1 heterocycles. The van der Waals surface area contributed by atoms with Gasteiger partial charge in [-0.05, 0) is 48.5 Å². The number of rotatable bonds is 4. The minimum atomic E-state index is -0.415. The van der Waals surface area contributed by atoms with Crippen LogP contribution in [0.3, 0.4) is 0 Å². The third-order valence-corrected chi connectivity index (χ3v) is 3.42. The van der Waals surface area contributed by atoms with Crippen LogP contribution in [0, 0.1) is 11.3 Å². The predicted molar refractivity (Wildman–Crippen MR) is 96.5 cm³/mol. The quantitative estimate of drug-likeness (QED) is 0.489. The molecule has 0 aliphatic heterocycles. The molecule has 3 rings (SSSR count). The molecule has 128 valence electrons. The third-order valence-electron chi connectivity index (χ3n) is 3.42. The van der Waals surface area contributed by atoms with Crippen molar-refractivity contribution in [2.24, 2.45) is 16.5 Å². The van der Waals surface area contributed by atoms with E-state index in [0.717, 1.165) is 5.56 Å². The van der Waals surface area contributed by atoms with E-state index in [2.05, 4.69) is 15.5 Å². The highest BCUT2D eigenvalue weighted by Crippen LogP contribution is 2.23. The number of hydrogen-bond acceptors (Lipinski definition) is 5. The lowest BCUT2D eigenvalue weighted by atomic mass is 10.1. The van der Waals surface area contributed by atoms with Crippen LogP contribution in [0.2, 0.25) is 0 Å². The number of nitriles is 1. The number of aliphatic imine (C=N–C) groups is 1. The maximum atomic E-state index is 12.2. The zero-order valence-electron chi connectivity index (χ0n) is 13.5. The van der Waals surface area contributed by atoms with Gasteiger partial charge in [-0.3, -0.25) is 4.79 Å². The van der Waals surface area contributed by atoms with Gasteiger partial charge in [0.2, 0.25) is 0 Å². The van der Waals surface area contributed by atoms with E-state index in [1.807, 2.05) is 6.07 Å². The Labute approximate surface area is 148 Å². The molecule has 26 heavy (non-hydrogen) atoms. The molecule has 5 N–H and O–H groups in total. The minimum Gasteiger partial charge on any atom is -0.370 e. The molecule has 0 fully saturated rings. The molecule has 0 atom stereocenters. The van der Waals surface area contributed by atoms with Gasteiger partial charge in [0, 0.05) is 17.3 Å². The summed E-state index contributed by atoms with van der Waals surface area (Å²) in [5, 5.41) is 15.3. The van der Waals surface area contributed by atoms with Gasteiger partial charge < -0.3 is 21.3 Å². The van der Waals surface area contributed by atoms with Crippen molar-refractivity contribution in [1.82, 2.24) is 5.16 Å². The maximum absolute atomic E-state index is 12.2. The summed E-state index contributed by atoms with van der Waals surface area (Å²) in [5.74, 6) is -0.00719. The van der Waals surface area contributed by atoms with Crippen molar-refractivity contribution in [2.45, 2.75) is 0 Å². The molecule has 0 bridgehead atoms. The smallest absolute Gasteiger partial charge is 0.277 e. The van der Waals surface area contributed by atoms with Gasteiger partial charge in [0.25, 0.3) is 5.91 Å². The maximum Gasteiger partial charge on any atom is 0.277 e. The Hall–Kier alpha value is -4.12. The van der Waals surface area contributed by atoms with Gasteiger partial charge in [-0.1, -0.05) is 5.16 Å². The Balaban J connectivity index is 1.73. The lowest BCUT2D eigenvalue weighted by Crippen LogP contribution is -2.21. The van der Waals surface area contributed by atoms with Gasteiger partial charge in [-0.2, -0.15) is 5.26 Å². The number of amides is 1. The first-order valence-corrected chi connectivity index (χ1v) is 7.53. The summed E-state index contributed by atoms with van der Waals surface area (Å²) in [4.78, 5) is 16.2. The molecule has 0 aliphatic rings. The number of nitrogens with one attached hydrogen (secondary N) is 1. The molecule has 0 saturated carbocycles. The number of nitrogens with zero attached hydrogens (tertiary/aromatic N) is 3. The molecule has 2 aromatic carbocycles. The molecule has 0 saturated heterocycles. The van der Waals surface area contributed by atoms with E-state index in [1.54, 1.807) is 48.5 Å². The van der Waals surface area contributed by atoms with Crippen molar-refractivity contribution in [3.8, 4) is 17.4 Å². The predicted octanol–water partition coefficient (Wildman–Crippen LogP) is 2.37. The summed E-state index contributed by atoms with van der Waals surface area (Å²) in [7, 11) is 0. The first-order chi connectivity index (χ1) is 12.5. The molecule has 0 spiro atoms. The second-order valence-electron chi connectivity index (χ2n) is 5.30. The Morgan fingerprint density at radius 3 is 2.42 bits per heavy atom. The highest BCUT2D eigenvalue weighted by molar-refractivity contribution is 6.03. The van der Waals surface area contributed by atoms with Crippen LogP contribution in [0.25, 0.3) is 11.3 Å². The Kier molecular flexibility index (Phi) is 4.63. The zero-order valence-corrected chi connectivity index (χ0v) is 13.5. The van der Waals surface area contributed by atoms with Crippen LogP contribution in [-0.4, -0.2) is 17.0 Å². The Bertz CT molecular complexity index is 993. The molecular weight excluding hydrogens is 332 g/mol.